The van der Waals surface area contributed by atoms with E-state index in [4.69, 9.17) is 4.74 Å². The van der Waals surface area contributed by atoms with Gasteiger partial charge in [0.25, 0.3) is 0 Å². The molecule has 0 fully saturated rings. The Labute approximate surface area is 139 Å². The normalized spacial score (nSPS) is 10.3. The number of ether oxygens (including phenoxy) is 2. The molecule has 0 heterocycles. The molecule has 3 nitrogen and oxygen atoms in total. The summed E-state index contributed by atoms with van der Waals surface area (Å²) >= 11 is 3.49. The van der Waals surface area contributed by atoms with Crippen molar-refractivity contribution in [2.45, 2.75) is 26.4 Å². The second kappa shape index (κ2) is 7.99. The maximum atomic E-state index is 11.2. The average Bonchev–Trinajstić information content (AvgIpc) is 2.54. The zero-order chi connectivity index (χ0) is 15.9. The van der Waals surface area contributed by atoms with E-state index in [9.17, 15) is 4.79 Å². The second-order valence-electron chi connectivity index (χ2n) is 5.10. The number of hydrogen-bond donors (Lipinski definition) is 0. The summed E-state index contributed by atoms with van der Waals surface area (Å²) in [4.78, 5) is 11.2. The van der Waals surface area contributed by atoms with Crippen molar-refractivity contribution in [2.24, 2.45) is 0 Å². The van der Waals surface area contributed by atoms with Crippen LogP contribution in [0.2, 0.25) is 0 Å². The van der Waals surface area contributed by atoms with Crippen molar-refractivity contribution in [1.82, 2.24) is 0 Å². The molecule has 0 aliphatic carbocycles. The summed E-state index contributed by atoms with van der Waals surface area (Å²) in [5.74, 6) is 0.611. The Morgan fingerprint density at radius 1 is 1.14 bits per heavy atom. The maximum Gasteiger partial charge on any atom is 0.305 e. The largest absolute Gasteiger partial charge is 0.489 e. The number of carbonyl (C=O) groups is 1. The Kier molecular flexibility index (Phi) is 6.01. The van der Waals surface area contributed by atoms with Crippen LogP contribution in [-0.2, 0) is 22.6 Å². The molecule has 0 N–H and O–H groups in total. The predicted octanol–water partition coefficient (Wildman–Crippen LogP) is 4.44. The molecule has 116 valence electrons. The van der Waals surface area contributed by atoms with Gasteiger partial charge in [-0.25, -0.2) is 0 Å². The number of esters is 1. The van der Waals surface area contributed by atoms with Crippen molar-refractivity contribution in [3.05, 3.63) is 63.6 Å². The van der Waals surface area contributed by atoms with Gasteiger partial charge in [0.2, 0.25) is 0 Å². The van der Waals surface area contributed by atoms with E-state index in [1.54, 1.807) is 0 Å². The fraction of sp³-hybridized carbons (Fsp3) is 0.278. The van der Waals surface area contributed by atoms with Crippen molar-refractivity contribution in [3.63, 3.8) is 0 Å². The molecule has 0 radical (unpaired) electrons. The maximum absolute atomic E-state index is 11.2. The second-order valence-corrected chi connectivity index (χ2v) is 5.95. The van der Waals surface area contributed by atoms with E-state index < -0.39 is 0 Å². The van der Waals surface area contributed by atoms with Crippen LogP contribution in [0.3, 0.4) is 0 Å². The molecule has 4 heteroatoms. The molecule has 2 aromatic carbocycles. The van der Waals surface area contributed by atoms with Crippen LogP contribution >= 0.6 is 15.9 Å². The summed E-state index contributed by atoms with van der Waals surface area (Å²) < 4.78 is 11.6. The zero-order valence-corrected chi connectivity index (χ0v) is 14.4. The van der Waals surface area contributed by atoms with Crippen molar-refractivity contribution in [1.29, 1.82) is 0 Å². The third-order valence-electron chi connectivity index (χ3n) is 3.37. The average molecular weight is 363 g/mol. The topological polar surface area (TPSA) is 35.5 Å². The van der Waals surface area contributed by atoms with Gasteiger partial charge >= 0.3 is 5.97 Å². The van der Waals surface area contributed by atoms with Gasteiger partial charge in [0.15, 0.2) is 0 Å². The number of hydrogen-bond acceptors (Lipinski definition) is 3. The first-order valence-electron chi connectivity index (χ1n) is 7.12. The highest BCUT2D eigenvalue weighted by atomic mass is 79.9. The molecule has 0 unspecified atom stereocenters. The van der Waals surface area contributed by atoms with Crippen LogP contribution in [0.1, 0.15) is 23.1 Å². The van der Waals surface area contributed by atoms with E-state index in [-0.39, 0.29) is 5.97 Å². The fourth-order valence-corrected chi connectivity index (χ4v) is 2.35. The van der Waals surface area contributed by atoms with E-state index in [1.165, 1.54) is 12.7 Å². The summed E-state index contributed by atoms with van der Waals surface area (Å²) in [6.07, 6.45) is 1.03. The van der Waals surface area contributed by atoms with Crippen LogP contribution in [0.25, 0.3) is 0 Å². The lowest BCUT2D eigenvalue weighted by Gasteiger charge is -2.09. The van der Waals surface area contributed by atoms with Crippen molar-refractivity contribution >= 4 is 21.9 Å². The predicted molar refractivity (Wildman–Crippen MR) is 90.0 cm³/mol. The van der Waals surface area contributed by atoms with Crippen molar-refractivity contribution in [2.75, 3.05) is 7.11 Å². The van der Waals surface area contributed by atoms with E-state index >= 15 is 0 Å². The highest BCUT2D eigenvalue weighted by molar-refractivity contribution is 9.10. The number of rotatable bonds is 6. The number of halogens is 1. The summed E-state index contributed by atoms with van der Waals surface area (Å²) in [6, 6.07) is 14.0. The minimum Gasteiger partial charge on any atom is -0.489 e. The summed E-state index contributed by atoms with van der Waals surface area (Å²) in [5, 5.41) is 0. The Morgan fingerprint density at radius 2 is 1.95 bits per heavy atom. The van der Waals surface area contributed by atoms with Crippen LogP contribution in [0.15, 0.2) is 46.9 Å². The molecular weight excluding hydrogens is 344 g/mol. The summed E-state index contributed by atoms with van der Waals surface area (Å²) in [7, 11) is 1.40. The van der Waals surface area contributed by atoms with E-state index in [1.807, 2.05) is 36.4 Å². The monoisotopic (exact) mass is 362 g/mol. The lowest BCUT2D eigenvalue weighted by atomic mass is 10.1. The number of benzene rings is 2. The molecule has 2 aromatic rings. The molecule has 0 spiro atoms. The molecule has 0 bridgehead atoms. The summed E-state index contributed by atoms with van der Waals surface area (Å²) in [5.41, 5.74) is 3.38. The van der Waals surface area contributed by atoms with Crippen LogP contribution in [0.5, 0.6) is 5.75 Å². The third-order valence-corrected chi connectivity index (χ3v) is 4.26. The van der Waals surface area contributed by atoms with Gasteiger partial charge in [0.05, 0.1) is 7.11 Å². The standard InChI is InChI=1S/C18H19BrO3/c1-13-10-15(6-8-17(13)19)12-22-16-5-3-4-14(11-16)7-9-18(20)21-2/h3-6,8,10-11H,7,9,12H2,1-2H3. The third kappa shape index (κ3) is 4.88. The van der Waals surface area contributed by atoms with Gasteiger partial charge in [-0.2, -0.15) is 0 Å². The lowest BCUT2D eigenvalue weighted by Crippen LogP contribution is -2.02. The van der Waals surface area contributed by atoms with Crippen molar-refractivity contribution < 1.29 is 14.3 Å². The smallest absolute Gasteiger partial charge is 0.305 e. The molecule has 0 saturated carbocycles. The van der Waals surface area contributed by atoms with Crippen LogP contribution < -0.4 is 4.74 Å². The minimum atomic E-state index is -0.198. The lowest BCUT2D eigenvalue weighted by molar-refractivity contribution is -0.140. The van der Waals surface area contributed by atoms with E-state index in [2.05, 4.69) is 33.7 Å². The van der Waals surface area contributed by atoms with Gasteiger partial charge in [0, 0.05) is 10.9 Å². The number of methoxy groups -OCH3 is 1. The molecule has 0 atom stereocenters. The number of aryl methyl sites for hydroxylation is 2. The Morgan fingerprint density at radius 3 is 2.68 bits per heavy atom. The zero-order valence-electron chi connectivity index (χ0n) is 12.8. The van der Waals surface area contributed by atoms with Gasteiger partial charge in [-0.05, 0) is 48.2 Å². The first kappa shape index (κ1) is 16.6. The van der Waals surface area contributed by atoms with Crippen LogP contribution in [0.4, 0.5) is 0 Å². The number of carbonyl (C=O) groups excluding carboxylic acids is 1. The van der Waals surface area contributed by atoms with Crippen molar-refractivity contribution in [3.8, 4) is 5.75 Å². The van der Waals surface area contributed by atoms with E-state index in [0.717, 1.165) is 21.3 Å². The minimum absolute atomic E-state index is 0.198. The SMILES string of the molecule is COC(=O)CCc1cccc(OCc2ccc(Br)c(C)c2)c1. The molecule has 0 aliphatic rings. The first-order chi connectivity index (χ1) is 10.6. The molecular formula is C18H19BrO3. The van der Waals surface area contributed by atoms with Crippen LogP contribution in [-0.4, -0.2) is 13.1 Å². The molecule has 0 amide bonds. The Balaban J connectivity index is 1.95. The highest BCUT2D eigenvalue weighted by Gasteiger charge is 2.03. The van der Waals surface area contributed by atoms with Gasteiger partial charge in [-0.1, -0.05) is 40.2 Å². The molecule has 22 heavy (non-hydrogen) atoms. The molecule has 0 aliphatic heterocycles. The van der Waals surface area contributed by atoms with Gasteiger partial charge in [-0.3, -0.25) is 4.79 Å². The summed E-state index contributed by atoms with van der Waals surface area (Å²) in [6.45, 7) is 2.58. The molecule has 2 rings (SSSR count). The quantitative estimate of drug-likeness (QED) is 0.712. The van der Waals surface area contributed by atoms with Crippen LogP contribution in [0, 0.1) is 6.92 Å². The molecule has 0 saturated heterocycles. The fourth-order valence-electron chi connectivity index (χ4n) is 2.10. The Bertz CT molecular complexity index is 653. The first-order valence-corrected chi connectivity index (χ1v) is 7.91. The van der Waals surface area contributed by atoms with E-state index in [0.29, 0.717) is 19.4 Å². The van der Waals surface area contributed by atoms with Gasteiger partial charge in [0.1, 0.15) is 12.4 Å². The van der Waals surface area contributed by atoms with Gasteiger partial charge < -0.3 is 9.47 Å². The Hall–Kier alpha value is -1.81. The molecule has 0 aromatic heterocycles. The highest BCUT2D eigenvalue weighted by Crippen LogP contribution is 2.20. The van der Waals surface area contributed by atoms with Gasteiger partial charge in [-0.15, -0.1) is 0 Å².